The van der Waals surface area contributed by atoms with E-state index in [2.05, 4.69) is 4.74 Å². The van der Waals surface area contributed by atoms with E-state index in [4.69, 9.17) is 5.11 Å². The molecule has 17 heavy (non-hydrogen) atoms. The van der Waals surface area contributed by atoms with Crippen molar-refractivity contribution in [3.63, 3.8) is 0 Å². The first-order valence-electron chi connectivity index (χ1n) is 5.55. The molecule has 0 heterocycles. The van der Waals surface area contributed by atoms with E-state index in [1.54, 1.807) is 20.8 Å². The number of aliphatic carboxylic acids is 1. The summed E-state index contributed by atoms with van der Waals surface area (Å²) in [5, 5.41) is 8.66. The van der Waals surface area contributed by atoms with E-state index in [1.807, 2.05) is 0 Å². The molecule has 0 unspecified atom stereocenters. The lowest BCUT2D eigenvalue weighted by Gasteiger charge is -2.24. The van der Waals surface area contributed by atoms with Crippen LogP contribution in [0.4, 0.5) is 0 Å². The summed E-state index contributed by atoms with van der Waals surface area (Å²) in [6, 6.07) is -0.208. The Hall–Kier alpha value is -1.59. The SMILES string of the molecule is CCOC(=O)CCC(=O)N(CC(=O)O)C(C)C. The van der Waals surface area contributed by atoms with Crippen LogP contribution in [-0.4, -0.2) is 47.0 Å². The molecule has 0 aliphatic heterocycles. The van der Waals surface area contributed by atoms with Crippen molar-refractivity contribution in [1.29, 1.82) is 0 Å². The predicted molar refractivity (Wildman–Crippen MR) is 60.4 cm³/mol. The summed E-state index contributed by atoms with van der Waals surface area (Å²) in [6.45, 7) is 5.07. The second kappa shape index (κ2) is 7.65. The molecule has 0 spiro atoms. The van der Waals surface area contributed by atoms with Crippen molar-refractivity contribution in [3.05, 3.63) is 0 Å². The smallest absolute Gasteiger partial charge is 0.323 e. The van der Waals surface area contributed by atoms with E-state index in [0.717, 1.165) is 0 Å². The number of hydrogen-bond donors (Lipinski definition) is 1. The fourth-order valence-electron chi connectivity index (χ4n) is 1.29. The Balaban J connectivity index is 4.24. The van der Waals surface area contributed by atoms with Crippen LogP contribution >= 0.6 is 0 Å². The molecule has 1 N–H and O–H groups in total. The Bertz CT molecular complexity index is 288. The van der Waals surface area contributed by atoms with Gasteiger partial charge in [-0.1, -0.05) is 0 Å². The third-order valence-electron chi connectivity index (χ3n) is 2.10. The molecule has 0 aliphatic rings. The summed E-state index contributed by atoms with van der Waals surface area (Å²) in [5.41, 5.74) is 0. The maximum atomic E-state index is 11.7. The summed E-state index contributed by atoms with van der Waals surface area (Å²) >= 11 is 0. The summed E-state index contributed by atoms with van der Waals surface area (Å²) < 4.78 is 4.69. The van der Waals surface area contributed by atoms with Gasteiger partial charge in [-0.3, -0.25) is 14.4 Å². The number of amides is 1. The highest BCUT2D eigenvalue weighted by Gasteiger charge is 2.20. The first kappa shape index (κ1) is 15.4. The third kappa shape index (κ3) is 6.55. The molecular formula is C11H19NO5. The minimum Gasteiger partial charge on any atom is -0.480 e. The van der Waals surface area contributed by atoms with Gasteiger partial charge in [-0.25, -0.2) is 0 Å². The Morgan fingerprint density at radius 1 is 1.24 bits per heavy atom. The second-order valence-corrected chi connectivity index (χ2v) is 3.81. The summed E-state index contributed by atoms with van der Waals surface area (Å²) in [6.07, 6.45) is -0.0419. The summed E-state index contributed by atoms with van der Waals surface area (Å²) in [4.78, 5) is 34.5. The monoisotopic (exact) mass is 245 g/mol. The number of esters is 1. The number of nitrogens with zero attached hydrogens (tertiary/aromatic N) is 1. The van der Waals surface area contributed by atoms with Gasteiger partial charge >= 0.3 is 11.9 Å². The number of carbonyl (C=O) groups is 3. The molecule has 0 radical (unpaired) electrons. The van der Waals surface area contributed by atoms with Crippen LogP contribution in [0.3, 0.4) is 0 Å². The lowest BCUT2D eigenvalue weighted by Crippen LogP contribution is -2.40. The average molecular weight is 245 g/mol. The van der Waals surface area contributed by atoms with Gasteiger partial charge in [-0.05, 0) is 20.8 Å². The van der Waals surface area contributed by atoms with Crippen molar-refractivity contribution in [2.45, 2.75) is 39.7 Å². The summed E-state index contributed by atoms with van der Waals surface area (Å²) in [7, 11) is 0. The number of rotatable bonds is 7. The lowest BCUT2D eigenvalue weighted by molar-refractivity contribution is -0.148. The molecule has 0 aromatic rings. The molecule has 0 fully saturated rings. The highest BCUT2D eigenvalue weighted by atomic mass is 16.5. The quantitative estimate of drug-likeness (QED) is 0.666. The molecule has 0 aromatic carbocycles. The van der Waals surface area contributed by atoms with Gasteiger partial charge in [0.25, 0.3) is 0 Å². The molecule has 0 aliphatic carbocycles. The van der Waals surface area contributed by atoms with Gasteiger partial charge in [0.05, 0.1) is 13.0 Å². The van der Waals surface area contributed by atoms with Gasteiger partial charge in [-0.2, -0.15) is 0 Å². The molecule has 0 rings (SSSR count). The van der Waals surface area contributed by atoms with Crippen LogP contribution in [0.2, 0.25) is 0 Å². The van der Waals surface area contributed by atoms with Gasteiger partial charge in [0.2, 0.25) is 5.91 Å². The number of hydrogen-bond acceptors (Lipinski definition) is 4. The van der Waals surface area contributed by atoms with Gasteiger partial charge in [0.1, 0.15) is 6.54 Å². The molecule has 0 atom stereocenters. The highest BCUT2D eigenvalue weighted by Crippen LogP contribution is 2.04. The van der Waals surface area contributed by atoms with Crippen LogP contribution in [0.15, 0.2) is 0 Å². The Morgan fingerprint density at radius 2 is 1.82 bits per heavy atom. The molecule has 0 saturated carbocycles. The van der Waals surface area contributed by atoms with E-state index in [0.29, 0.717) is 0 Å². The van der Waals surface area contributed by atoms with Gasteiger partial charge < -0.3 is 14.7 Å². The molecule has 6 heteroatoms. The minimum absolute atomic E-state index is 0.0183. The molecule has 1 amide bonds. The van der Waals surface area contributed by atoms with E-state index >= 15 is 0 Å². The fraction of sp³-hybridized carbons (Fsp3) is 0.727. The van der Waals surface area contributed by atoms with Crippen molar-refractivity contribution in [2.75, 3.05) is 13.2 Å². The van der Waals surface area contributed by atoms with Crippen LogP contribution < -0.4 is 0 Å². The van der Waals surface area contributed by atoms with Crippen LogP contribution in [0.1, 0.15) is 33.6 Å². The average Bonchev–Trinajstić information content (AvgIpc) is 2.22. The Morgan fingerprint density at radius 3 is 2.24 bits per heavy atom. The third-order valence-corrected chi connectivity index (χ3v) is 2.10. The molecule has 0 bridgehead atoms. The van der Waals surface area contributed by atoms with Crippen molar-refractivity contribution in [3.8, 4) is 0 Å². The number of carbonyl (C=O) groups excluding carboxylic acids is 2. The minimum atomic E-state index is -1.07. The lowest BCUT2D eigenvalue weighted by atomic mass is 10.2. The predicted octanol–water partition coefficient (Wildman–Crippen LogP) is 0.651. The zero-order chi connectivity index (χ0) is 13.4. The van der Waals surface area contributed by atoms with Crippen molar-refractivity contribution >= 4 is 17.8 Å². The van der Waals surface area contributed by atoms with Gasteiger partial charge in [0.15, 0.2) is 0 Å². The topological polar surface area (TPSA) is 83.9 Å². The Labute approximate surface area is 101 Å². The first-order valence-corrected chi connectivity index (χ1v) is 5.55. The molecule has 0 aromatic heterocycles. The van der Waals surface area contributed by atoms with E-state index in [1.165, 1.54) is 4.90 Å². The normalized spacial score (nSPS) is 10.1. The van der Waals surface area contributed by atoms with Crippen LogP contribution in [0.25, 0.3) is 0 Å². The van der Waals surface area contributed by atoms with Crippen LogP contribution in [0.5, 0.6) is 0 Å². The maximum Gasteiger partial charge on any atom is 0.323 e. The number of carboxylic acid groups (broad SMARTS) is 1. The van der Waals surface area contributed by atoms with Crippen molar-refractivity contribution in [1.82, 2.24) is 4.90 Å². The first-order chi connectivity index (χ1) is 7.88. The van der Waals surface area contributed by atoms with Gasteiger partial charge in [0, 0.05) is 12.5 Å². The standard InChI is InChI=1S/C11H19NO5/c1-4-17-11(16)6-5-9(13)12(8(2)3)7-10(14)15/h8H,4-7H2,1-3H3,(H,14,15). The molecule has 0 saturated heterocycles. The second-order valence-electron chi connectivity index (χ2n) is 3.81. The van der Waals surface area contributed by atoms with Crippen LogP contribution in [-0.2, 0) is 19.1 Å². The van der Waals surface area contributed by atoms with Gasteiger partial charge in [-0.15, -0.1) is 0 Å². The summed E-state index contributed by atoms with van der Waals surface area (Å²) in [5.74, 6) is -1.86. The van der Waals surface area contributed by atoms with Crippen LogP contribution in [0, 0.1) is 0 Å². The number of carboxylic acids is 1. The van der Waals surface area contributed by atoms with E-state index in [9.17, 15) is 14.4 Å². The van der Waals surface area contributed by atoms with E-state index < -0.39 is 11.9 Å². The Kier molecular flexibility index (Phi) is 6.93. The molecular weight excluding hydrogens is 226 g/mol. The molecule has 6 nitrogen and oxygen atoms in total. The zero-order valence-corrected chi connectivity index (χ0v) is 10.4. The fourth-order valence-corrected chi connectivity index (χ4v) is 1.29. The zero-order valence-electron chi connectivity index (χ0n) is 10.4. The maximum absolute atomic E-state index is 11.7. The van der Waals surface area contributed by atoms with Crippen molar-refractivity contribution in [2.24, 2.45) is 0 Å². The highest BCUT2D eigenvalue weighted by molar-refractivity contribution is 5.84. The number of ether oxygens (including phenoxy) is 1. The van der Waals surface area contributed by atoms with E-state index in [-0.39, 0.29) is 37.9 Å². The largest absolute Gasteiger partial charge is 0.480 e. The van der Waals surface area contributed by atoms with Crippen molar-refractivity contribution < 1.29 is 24.2 Å². The molecule has 98 valence electrons.